The molecule has 2 aliphatic heterocycles. The van der Waals surface area contributed by atoms with Crippen molar-refractivity contribution in [3.63, 3.8) is 0 Å². The van der Waals surface area contributed by atoms with Crippen LogP contribution < -0.4 is 0 Å². The molecule has 2 saturated heterocycles. The quantitative estimate of drug-likeness (QED) is 0.604. The van der Waals surface area contributed by atoms with Gasteiger partial charge in [0, 0.05) is 0 Å². The molecule has 0 spiro atoms. The van der Waals surface area contributed by atoms with Gasteiger partial charge < -0.3 is 4.74 Å². The van der Waals surface area contributed by atoms with E-state index in [0.717, 1.165) is 23.7 Å². The van der Waals surface area contributed by atoms with Crippen molar-refractivity contribution in [1.82, 2.24) is 0 Å². The Morgan fingerprint density at radius 3 is 2.50 bits per heavy atom. The topological polar surface area (TPSA) is 9.23 Å². The summed E-state index contributed by atoms with van der Waals surface area (Å²) in [5.74, 6) is 3.56. The Morgan fingerprint density at radius 2 is 1.81 bits per heavy atom. The molecule has 1 nitrogen and oxygen atoms in total. The fourth-order valence-electron chi connectivity index (χ4n) is 4.90. The van der Waals surface area contributed by atoms with Crippen LogP contribution in [-0.4, -0.2) is 12.2 Å². The molecule has 16 heavy (non-hydrogen) atoms. The molecule has 6 atom stereocenters. The molecule has 0 radical (unpaired) electrons. The van der Waals surface area contributed by atoms with E-state index >= 15 is 0 Å². The third kappa shape index (κ3) is 1.54. The molecule has 92 valence electrons. The number of ether oxygens (including phenoxy) is 1. The third-order valence-electron chi connectivity index (χ3n) is 5.56. The first-order valence-electron chi connectivity index (χ1n) is 7.13. The van der Waals surface area contributed by atoms with Gasteiger partial charge in [-0.3, -0.25) is 0 Å². The minimum absolute atomic E-state index is 0.537. The van der Waals surface area contributed by atoms with E-state index < -0.39 is 0 Å². The summed E-state index contributed by atoms with van der Waals surface area (Å²) >= 11 is 0. The van der Waals surface area contributed by atoms with Gasteiger partial charge in [0.2, 0.25) is 0 Å². The van der Waals surface area contributed by atoms with E-state index in [1.807, 2.05) is 0 Å². The molecule has 3 aliphatic rings. The molecule has 0 aromatic carbocycles. The first kappa shape index (κ1) is 11.1. The summed E-state index contributed by atoms with van der Waals surface area (Å²) in [6.45, 7) is 9.77. The molecular weight excluding hydrogens is 196 g/mol. The summed E-state index contributed by atoms with van der Waals surface area (Å²) in [4.78, 5) is 0. The summed E-state index contributed by atoms with van der Waals surface area (Å²) in [6.07, 6.45) is 6.52. The van der Waals surface area contributed by atoms with Crippen LogP contribution in [0.15, 0.2) is 0 Å². The van der Waals surface area contributed by atoms with Gasteiger partial charge in [-0.1, -0.05) is 27.7 Å². The van der Waals surface area contributed by atoms with Crippen LogP contribution in [0, 0.1) is 29.1 Å². The number of hydrogen-bond donors (Lipinski definition) is 0. The summed E-state index contributed by atoms with van der Waals surface area (Å²) in [7, 11) is 0. The lowest BCUT2D eigenvalue weighted by Crippen LogP contribution is -2.52. The highest BCUT2D eigenvalue weighted by atomic mass is 16.5. The molecule has 0 N–H and O–H groups in total. The molecule has 0 aromatic rings. The second-order valence-corrected chi connectivity index (χ2v) is 7.47. The molecule has 0 amide bonds. The Bertz CT molecular complexity index is 283. The van der Waals surface area contributed by atoms with Crippen molar-refractivity contribution in [3.8, 4) is 0 Å². The average Bonchev–Trinajstić information content (AvgIpc) is 2.19. The number of hydrogen-bond acceptors (Lipinski definition) is 1. The predicted octanol–water partition coefficient (Wildman–Crippen LogP) is 3.87. The monoisotopic (exact) mass is 222 g/mol. The number of fused-ring (bicyclic) bond motifs is 4. The summed E-state index contributed by atoms with van der Waals surface area (Å²) in [5, 5.41) is 0. The van der Waals surface area contributed by atoms with Crippen LogP contribution in [0.4, 0.5) is 0 Å². The average molecular weight is 222 g/mol. The summed E-state index contributed by atoms with van der Waals surface area (Å²) in [6, 6.07) is 0. The van der Waals surface area contributed by atoms with Crippen molar-refractivity contribution in [3.05, 3.63) is 0 Å². The highest BCUT2D eigenvalue weighted by Crippen LogP contribution is 2.60. The number of rotatable bonds is 0. The largest absolute Gasteiger partial charge is 0.375 e. The van der Waals surface area contributed by atoms with E-state index in [4.69, 9.17) is 4.74 Å². The van der Waals surface area contributed by atoms with Crippen molar-refractivity contribution in [2.45, 2.75) is 65.6 Å². The van der Waals surface area contributed by atoms with Gasteiger partial charge in [0.1, 0.15) is 0 Å². The van der Waals surface area contributed by atoms with Crippen molar-refractivity contribution in [2.24, 2.45) is 29.1 Å². The molecule has 2 bridgehead atoms. The van der Waals surface area contributed by atoms with Gasteiger partial charge in [0.25, 0.3) is 0 Å². The van der Waals surface area contributed by atoms with Crippen LogP contribution in [0.25, 0.3) is 0 Å². The fourth-order valence-corrected chi connectivity index (χ4v) is 4.90. The van der Waals surface area contributed by atoms with Crippen LogP contribution in [0.3, 0.4) is 0 Å². The molecule has 0 aromatic heterocycles. The van der Waals surface area contributed by atoms with Crippen LogP contribution in [0.1, 0.15) is 53.4 Å². The zero-order chi connectivity index (χ0) is 11.5. The van der Waals surface area contributed by atoms with Gasteiger partial charge in [-0.25, -0.2) is 0 Å². The van der Waals surface area contributed by atoms with Gasteiger partial charge in [-0.2, -0.15) is 0 Å². The summed E-state index contributed by atoms with van der Waals surface area (Å²) < 4.78 is 6.36. The lowest BCUT2D eigenvalue weighted by molar-refractivity contribution is -0.151. The van der Waals surface area contributed by atoms with Gasteiger partial charge in [-0.15, -0.1) is 0 Å². The van der Waals surface area contributed by atoms with E-state index in [-0.39, 0.29) is 0 Å². The van der Waals surface area contributed by atoms with Crippen molar-refractivity contribution < 1.29 is 4.74 Å². The van der Waals surface area contributed by atoms with E-state index in [2.05, 4.69) is 27.7 Å². The van der Waals surface area contributed by atoms with Crippen LogP contribution >= 0.6 is 0 Å². The second kappa shape index (κ2) is 3.48. The first-order valence-corrected chi connectivity index (χ1v) is 7.13. The van der Waals surface area contributed by atoms with Crippen LogP contribution in [-0.2, 0) is 4.74 Å². The molecule has 3 rings (SSSR count). The Morgan fingerprint density at radius 1 is 1.06 bits per heavy atom. The van der Waals surface area contributed by atoms with E-state index in [9.17, 15) is 0 Å². The van der Waals surface area contributed by atoms with E-state index in [0.29, 0.717) is 17.6 Å². The molecule has 1 aliphatic carbocycles. The lowest BCUT2D eigenvalue weighted by atomic mass is 9.50. The highest BCUT2D eigenvalue weighted by molar-refractivity contribution is 5.04. The maximum atomic E-state index is 6.36. The maximum Gasteiger partial charge on any atom is 0.0617 e. The predicted molar refractivity (Wildman–Crippen MR) is 66.2 cm³/mol. The molecule has 4 unspecified atom stereocenters. The van der Waals surface area contributed by atoms with Crippen LogP contribution in [0.5, 0.6) is 0 Å². The molecular formula is C15H26O. The van der Waals surface area contributed by atoms with Gasteiger partial charge in [-0.05, 0) is 54.8 Å². The fraction of sp³-hybridized carbons (Fsp3) is 1.00. The smallest absolute Gasteiger partial charge is 0.0617 e. The molecule has 1 saturated carbocycles. The Labute approximate surface area is 99.9 Å². The molecule has 2 heterocycles. The van der Waals surface area contributed by atoms with Gasteiger partial charge >= 0.3 is 0 Å². The normalized spacial score (nSPS) is 54.8. The lowest BCUT2D eigenvalue weighted by Gasteiger charge is -2.56. The van der Waals surface area contributed by atoms with Crippen molar-refractivity contribution in [1.29, 1.82) is 0 Å². The zero-order valence-electron chi connectivity index (χ0n) is 11.2. The molecule has 1 heteroatoms. The Balaban J connectivity index is 1.87. The highest BCUT2D eigenvalue weighted by Gasteiger charge is 2.56. The van der Waals surface area contributed by atoms with E-state index in [1.165, 1.54) is 25.7 Å². The second-order valence-electron chi connectivity index (χ2n) is 7.47. The van der Waals surface area contributed by atoms with Crippen molar-refractivity contribution >= 4 is 0 Å². The van der Waals surface area contributed by atoms with E-state index in [1.54, 1.807) is 0 Å². The minimum Gasteiger partial charge on any atom is -0.375 e. The SMILES string of the molecule is CC1C[C@@H]2CC(C)C3CC(C)(C)C3[C@H](C1)O2. The Kier molecular flexibility index (Phi) is 2.41. The zero-order valence-corrected chi connectivity index (χ0v) is 11.2. The third-order valence-corrected chi connectivity index (χ3v) is 5.56. The minimum atomic E-state index is 0.537. The first-order chi connectivity index (χ1) is 7.47. The molecule has 3 fully saturated rings. The van der Waals surface area contributed by atoms with Gasteiger partial charge in [0.05, 0.1) is 12.2 Å². The Hall–Kier alpha value is -0.0400. The van der Waals surface area contributed by atoms with Gasteiger partial charge in [0.15, 0.2) is 0 Å². The maximum absolute atomic E-state index is 6.36. The van der Waals surface area contributed by atoms with Crippen molar-refractivity contribution in [2.75, 3.05) is 0 Å². The van der Waals surface area contributed by atoms with Crippen LogP contribution in [0.2, 0.25) is 0 Å². The standard InChI is InChI=1S/C15H26O/c1-9-5-11-7-10(2)12-8-15(3,4)14(12)13(6-9)16-11/h9-14H,5-8H2,1-4H3/t9?,10?,11-,12?,13+,14?/m1/s1. The summed E-state index contributed by atoms with van der Waals surface area (Å²) in [5.41, 5.74) is 0.537.